The molecule has 0 atom stereocenters. The fraction of sp³-hybridized carbons (Fsp3) is 0.154. The van der Waals surface area contributed by atoms with Gasteiger partial charge in [-0.2, -0.15) is 0 Å². The number of ketones is 1. The minimum Gasteiger partial charge on any atom is -0.458 e. The lowest BCUT2D eigenvalue weighted by Gasteiger charge is -2.00. The van der Waals surface area contributed by atoms with Crippen LogP contribution in [0, 0.1) is 5.82 Å². The number of Topliss-reactive ketones (excluding diaryl/α,β-unsaturated/α-hetero) is 1. The summed E-state index contributed by atoms with van der Waals surface area (Å²) >= 11 is 5.68. The normalized spacial score (nSPS) is 10.5. The maximum absolute atomic E-state index is 12.9. The highest BCUT2D eigenvalue weighted by Gasteiger charge is 2.08. The summed E-state index contributed by atoms with van der Waals surface area (Å²) in [7, 11) is 0. The van der Waals surface area contributed by atoms with E-state index in [0.29, 0.717) is 17.9 Å². The van der Waals surface area contributed by atoms with Crippen LogP contribution in [0.4, 0.5) is 4.39 Å². The van der Waals surface area contributed by atoms with Crippen molar-refractivity contribution in [2.24, 2.45) is 0 Å². The van der Waals surface area contributed by atoms with Crippen LogP contribution in [0.15, 0.2) is 34.7 Å². The van der Waals surface area contributed by atoms with Crippen molar-refractivity contribution in [3.05, 3.63) is 58.3 Å². The van der Waals surface area contributed by atoms with Crippen LogP contribution in [0.25, 0.3) is 0 Å². The molecule has 0 aliphatic heterocycles. The van der Waals surface area contributed by atoms with Crippen LogP contribution >= 0.6 is 11.6 Å². The molecule has 1 aromatic heterocycles. The van der Waals surface area contributed by atoms with Crippen molar-refractivity contribution in [1.29, 1.82) is 0 Å². The number of carbonyl (C=O) groups is 1. The predicted molar refractivity (Wildman–Crippen MR) is 62.9 cm³/mol. The van der Waals surface area contributed by atoms with E-state index >= 15 is 0 Å². The molecule has 2 nitrogen and oxygen atoms in total. The summed E-state index contributed by atoms with van der Waals surface area (Å²) in [5.74, 6) is 0.416. The smallest absolute Gasteiger partial charge is 0.194 e. The number of rotatable bonds is 3. The van der Waals surface area contributed by atoms with Crippen molar-refractivity contribution >= 4 is 17.4 Å². The van der Waals surface area contributed by atoms with Crippen LogP contribution in [0.2, 0.25) is 5.02 Å². The summed E-state index contributed by atoms with van der Waals surface area (Å²) in [4.78, 5) is 11.0. The lowest BCUT2D eigenvalue weighted by Crippen LogP contribution is -1.89. The Labute approximate surface area is 103 Å². The second kappa shape index (κ2) is 4.72. The lowest BCUT2D eigenvalue weighted by atomic mass is 10.1. The zero-order chi connectivity index (χ0) is 12.4. The standard InChI is InChI=1S/C13H10ClFO2/c1-8(16)13-5-3-10(17-13)6-9-2-4-12(15)11(14)7-9/h2-5,7H,6H2,1H3. The Morgan fingerprint density at radius 1 is 1.35 bits per heavy atom. The average molecular weight is 253 g/mol. The molecule has 0 radical (unpaired) electrons. The number of hydrogen-bond donors (Lipinski definition) is 0. The SMILES string of the molecule is CC(=O)c1ccc(Cc2ccc(F)c(Cl)c2)o1. The maximum atomic E-state index is 12.9. The first-order valence-corrected chi connectivity index (χ1v) is 5.47. The Morgan fingerprint density at radius 3 is 2.71 bits per heavy atom. The first-order valence-electron chi connectivity index (χ1n) is 5.10. The minimum absolute atomic E-state index is 0.0841. The Bertz CT molecular complexity index is 560. The van der Waals surface area contributed by atoms with Gasteiger partial charge < -0.3 is 4.42 Å². The fourth-order valence-electron chi connectivity index (χ4n) is 1.51. The highest BCUT2D eigenvalue weighted by molar-refractivity contribution is 6.30. The van der Waals surface area contributed by atoms with Crippen LogP contribution in [0.1, 0.15) is 28.8 Å². The first-order chi connectivity index (χ1) is 8.06. The van der Waals surface area contributed by atoms with Gasteiger partial charge in [0, 0.05) is 13.3 Å². The number of furan rings is 1. The molecule has 0 aliphatic carbocycles. The molecule has 0 saturated heterocycles. The first kappa shape index (κ1) is 11.9. The number of benzene rings is 1. The summed E-state index contributed by atoms with van der Waals surface area (Å²) in [6.07, 6.45) is 0.479. The molecule has 17 heavy (non-hydrogen) atoms. The van der Waals surface area contributed by atoms with Gasteiger partial charge in [0.2, 0.25) is 0 Å². The van der Waals surface area contributed by atoms with Crippen molar-refractivity contribution in [3.8, 4) is 0 Å². The van der Waals surface area contributed by atoms with Gasteiger partial charge in [-0.15, -0.1) is 0 Å². The molecule has 0 spiro atoms. The second-order valence-electron chi connectivity index (χ2n) is 3.75. The molecule has 1 heterocycles. The fourth-order valence-corrected chi connectivity index (χ4v) is 1.72. The van der Waals surface area contributed by atoms with Crippen molar-refractivity contribution in [3.63, 3.8) is 0 Å². The molecule has 0 N–H and O–H groups in total. The van der Waals surface area contributed by atoms with Gasteiger partial charge in [0.1, 0.15) is 11.6 Å². The van der Waals surface area contributed by atoms with Gasteiger partial charge in [-0.25, -0.2) is 4.39 Å². The van der Waals surface area contributed by atoms with Crippen molar-refractivity contribution in [1.82, 2.24) is 0 Å². The van der Waals surface area contributed by atoms with Gasteiger partial charge in [0.05, 0.1) is 5.02 Å². The molecule has 0 fully saturated rings. The quantitative estimate of drug-likeness (QED) is 0.777. The topological polar surface area (TPSA) is 30.2 Å². The summed E-state index contributed by atoms with van der Waals surface area (Å²) < 4.78 is 18.3. The molecule has 2 rings (SSSR count). The minimum atomic E-state index is -0.445. The molecule has 2 aromatic rings. The number of halogens is 2. The highest BCUT2D eigenvalue weighted by atomic mass is 35.5. The lowest BCUT2D eigenvalue weighted by molar-refractivity contribution is 0.0985. The van der Waals surface area contributed by atoms with Crippen LogP contribution in [0.3, 0.4) is 0 Å². The molecular formula is C13H10ClFO2. The third-order valence-corrected chi connectivity index (χ3v) is 2.66. The van der Waals surface area contributed by atoms with Crippen LogP contribution in [-0.4, -0.2) is 5.78 Å². The molecule has 0 aliphatic rings. The maximum Gasteiger partial charge on any atom is 0.194 e. The van der Waals surface area contributed by atoms with E-state index in [2.05, 4.69) is 0 Å². The van der Waals surface area contributed by atoms with E-state index < -0.39 is 5.82 Å². The highest BCUT2D eigenvalue weighted by Crippen LogP contribution is 2.19. The number of hydrogen-bond acceptors (Lipinski definition) is 2. The molecule has 88 valence electrons. The van der Waals surface area contributed by atoms with Gasteiger partial charge in [-0.1, -0.05) is 17.7 Å². The third kappa shape index (κ3) is 2.74. The molecule has 0 amide bonds. The summed E-state index contributed by atoms with van der Waals surface area (Å²) in [5, 5.41) is 0.0841. The Hall–Kier alpha value is -1.61. The zero-order valence-electron chi connectivity index (χ0n) is 9.17. The third-order valence-electron chi connectivity index (χ3n) is 2.37. The van der Waals surface area contributed by atoms with Gasteiger partial charge >= 0.3 is 0 Å². The van der Waals surface area contributed by atoms with Crippen molar-refractivity contribution in [2.45, 2.75) is 13.3 Å². The van der Waals surface area contributed by atoms with E-state index in [9.17, 15) is 9.18 Å². The van der Waals surface area contributed by atoms with Crippen LogP contribution < -0.4 is 0 Å². The Balaban J connectivity index is 2.19. The molecule has 0 bridgehead atoms. The summed E-state index contributed by atoms with van der Waals surface area (Å²) in [6, 6.07) is 7.85. The molecule has 0 saturated carbocycles. The van der Waals surface area contributed by atoms with Gasteiger partial charge in [0.25, 0.3) is 0 Å². The number of carbonyl (C=O) groups excluding carboxylic acids is 1. The van der Waals surface area contributed by atoms with E-state index in [0.717, 1.165) is 5.56 Å². The summed E-state index contributed by atoms with van der Waals surface area (Å²) in [5.41, 5.74) is 0.834. The molecular weight excluding hydrogens is 243 g/mol. The van der Waals surface area contributed by atoms with Crippen molar-refractivity contribution < 1.29 is 13.6 Å². The van der Waals surface area contributed by atoms with E-state index in [-0.39, 0.29) is 10.8 Å². The van der Waals surface area contributed by atoms with E-state index in [4.69, 9.17) is 16.0 Å². The molecule has 1 aromatic carbocycles. The van der Waals surface area contributed by atoms with Gasteiger partial charge in [0.15, 0.2) is 11.5 Å². The summed E-state index contributed by atoms with van der Waals surface area (Å²) in [6.45, 7) is 1.44. The Morgan fingerprint density at radius 2 is 2.12 bits per heavy atom. The van der Waals surface area contributed by atoms with Crippen LogP contribution in [0.5, 0.6) is 0 Å². The van der Waals surface area contributed by atoms with E-state index in [1.54, 1.807) is 24.3 Å². The van der Waals surface area contributed by atoms with Gasteiger partial charge in [-0.05, 0) is 29.8 Å². The largest absolute Gasteiger partial charge is 0.458 e. The van der Waals surface area contributed by atoms with Crippen molar-refractivity contribution in [2.75, 3.05) is 0 Å². The molecule has 4 heteroatoms. The molecule has 0 unspecified atom stereocenters. The zero-order valence-corrected chi connectivity index (χ0v) is 9.92. The van der Waals surface area contributed by atoms with E-state index in [1.165, 1.54) is 13.0 Å². The Kier molecular flexibility index (Phi) is 3.29. The van der Waals surface area contributed by atoms with Gasteiger partial charge in [-0.3, -0.25) is 4.79 Å². The average Bonchev–Trinajstić information content (AvgIpc) is 2.72. The van der Waals surface area contributed by atoms with Crippen LogP contribution in [-0.2, 0) is 6.42 Å². The predicted octanol–water partition coefficient (Wildman–Crippen LogP) is 3.87. The monoisotopic (exact) mass is 252 g/mol. The van der Waals surface area contributed by atoms with E-state index in [1.807, 2.05) is 0 Å². The second-order valence-corrected chi connectivity index (χ2v) is 4.15.